The Bertz CT molecular complexity index is 728. The van der Waals surface area contributed by atoms with Crippen LogP contribution < -0.4 is 0 Å². The Labute approximate surface area is 135 Å². The topological polar surface area (TPSA) is 55.2 Å². The molecule has 7 heteroatoms. The van der Waals surface area contributed by atoms with E-state index in [9.17, 15) is 8.42 Å². The molecule has 118 valence electrons. The minimum absolute atomic E-state index is 0.267. The van der Waals surface area contributed by atoms with Gasteiger partial charge in [-0.25, -0.2) is 8.42 Å². The van der Waals surface area contributed by atoms with Crippen LogP contribution in [-0.2, 0) is 17.1 Å². The molecule has 0 aliphatic carbocycles. The highest BCUT2D eigenvalue weighted by molar-refractivity contribution is 7.99. The molecular formula is C15H19N3O2S2. The Morgan fingerprint density at radius 2 is 2.05 bits per heavy atom. The lowest BCUT2D eigenvalue weighted by molar-refractivity contribution is 0.456. The summed E-state index contributed by atoms with van der Waals surface area (Å²) in [6, 6.07) is 11.8. The molecule has 1 atom stereocenters. The van der Waals surface area contributed by atoms with Crippen LogP contribution >= 0.6 is 11.8 Å². The maximum absolute atomic E-state index is 12.6. The lowest BCUT2D eigenvalue weighted by Crippen LogP contribution is -2.30. The molecule has 5 nitrogen and oxygen atoms in total. The van der Waals surface area contributed by atoms with Crippen LogP contribution in [0.1, 0.15) is 6.42 Å². The van der Waals surface area contributed by atoms with Gasteiger partial charge in [0.1, 0.15) is 0 Å². The summed E-state index contributed by atoms with van der Waals surface area (Å²) in [5, 5.41) is 4.22. The van der Waals surface area contributed by atoms with Crippen molar-refractivity contribution < 1.29 is 8.42 Å². The zero-order valence-electron chi connectivity index (χ0n) is 12.4. The summed E-state index contributed by atoms with van der Waals surface area (Å²) in [6.07, 6.45) is 2.43. The number of sulfonamides is 1. The van der Waals surface area contributed by atoms with E-state index in [2.05, 4.69) is 17.2 Å². The fourth-order valence-corrected chi connectivity index (χ4v) is 5.31. The van der Waals surface area contributed by atoms with Gasteiger partial charge in [-0.2, -0.15) is 9.40 Å². The van der Waals surface area contributed by atoms with Gasteiger partial charge in [-0.05, 0) is 30.5 Å². The van der Waals surface area contributed by atoms with Gasteiger partial charge >= 0.3 is 0 Å². The lowest BCUT2D eigenvalue weighted by Gasteiger charge is -2.16. The largest absolute Gasteiger partial charge is 0.260 e. The van der Waals surface area contributed by atoms with Crippen molar-refractivity contribution in [3.63, 3.8) is 0 Å². The molecule has 1 aromatic carbocycles. The summed E-state index contributed by atoms with van der Waals surface area (Å²) >= 11 is 1.79. The van der Waals surface area contributed by atoms with Crippen LogP contribution in [0.25, 0.3) is 0 Å². The van der Waals surface area contributed by atoms with Gasteiger partial charge in [-0.1, -0.05) is 18.2 Å². The van der Waals surface area contributed by atoms with Gasteiger partial charge in [0.05, 0.1) is 6.20 Å². The molecule has 0 amide bonds. The molecule has 2 heterocycles. The number of nitrogens with zero attached hydrogens (tertiary/aromatic N) is 3. The summed E-state index contributed by atoms with van der Waals surface area (Å²) in [4.78, 5) is 1.23. The zero-order valence-corrected chi connectivity index (χ0v) is 14.1. The van der Waals surface area contributed by atoms with E-state index in [0.29, 0.717) is 19.0 Å². The van der Waals surface area contributed by atoms with Crippen molar-refractivity contribution in [2.75, 3.05) is 18.8 Å². The van der Waals surface area contributed by atoms with E-state index >= 15 is 0 Å². The normalized spacial score (nSPS) is 19.6. The van der Waals surface area contributed by atoms with Gasteiger partial charge in [0, 0.05) is 30.8 Å². The quantitative estimate of drug-likeness (QED) is 0.785. The molecule has 1 saturated heterocycles. The van der Waals surface area contributed by atoms with Gasteiger partial charge in [0.2, 0.25) is 0 Å². The van der Waals surface area contributed by atoms with Crippen molar-refractivity contribution in [3.8, 4) is 0 Å². The molecule has 1 aliphatic heterocycles. The van der Waals surface area contributed by atoms with E-state index in [1.165, 1.54) is 15.8 Å². The van der Waals surface area contributed by atoms with Crippen molar-refractivity contribution in [1.29, 1.82) is 0 Å². The van der Waals surface area contributed by atoms with Crippen LogP contribution in [0.5, 0.6) is 0 Å². The van der Waals surface area contributed by atoms with Crippen molar-refractivity contribution in [1.82, 2.24) is 14.1 Å². The Hall–Kier alpha value is -1.31. The number of hydrogen-bond donors (Lipinski definition) is 0. The van der Waals surface area contributed by atoms with E-state index in [-0.39, 0.29) is 5.03 Å². The van der Waals surface area contributed by atoms with Crippen molar-refractivity contribution in [2.45, 2.75) is 16.3 Å². The molecule has 2 aromatic rings. The summed E-state index contributed by atoms with van der Waals surface area (Å²) in [5.41, 5.74) is 0. The van der Waals surface area contributed by atoms with E-state index in [1.54, 1.807) is 29.2 Å². The van der Waals surface area contributed by atoms with E-state index in [1.807, 2.05) is 18.2 Å². The SMILES string of the molecule is Cn1nccc1S(=O)(=O)N1CC[C@@H](CSc2ccccc2)C1. The average Bonchev–Trinajstić information content (AvgIpc) is 3.15. The molecule has 0 spiro atoms. The monoisotopic (exact) mass is 337 g/mol. The fraction of sp³-hybridized carbons (Fsp3) is 0.400. The van der Waals surface area contributed by atoms with Gasteiger partial charge < -0.3 is 0 Å². The first-order valence-corrected chi connectivity index (χ1v) is 9.66. The number of rotatable bonds is 5. The van der Waals surface area contributed by atoms with E-state index < -0.39 is 10.0 Å². The van der Waals surface area contributed by atoms with Crippen LogP contribution in [-0.4, -0.2) is 41.3 Å². The maximum atomic E-state index is 12.6. The Morgan fingerprint density at radius 3 is 2.73 bits per heavy atom. The summed E-state index contributed by atoms with van der Waals surface area (Å²) in [5.74, 6) is 1.34. The number of thioether (sulfide) groups is 1. The molecule has 0 saturated carbocycles. The van der Waals surface area contributed by atoms with Gasteiger partial charge in [-0.3, -0.25) is 4.68 Å². The summed E-state index contributed by atoms with van der Waals surface area (Å²) in [7, 11) is -1.76. The summed E-state index contributed by atoms with van der Waals surface area (Å²) in [6.45, 7) is 1.18. The predicted molar refractivity (Wildman–Crippen MR) is 87.2 cm³/mol. The van der Waals surface area contributed by atoms with Crippen LogP contribution in [0.15, 0.2) is 52.5 Å². The van der Waals surface area contributed by atoms with Crippen molar-refractivity contribution >= 4 is 21.8 Å². The first kappa shape index (κ1) is 15.6. The van der Waals surface area contributed by atoms with Crippen LogP contribution in [0.3, 0.4) is 0 Å². The Kier molecular flexibility index (Phi) is 4.56. The molecular weight excluding hydrogens is 318 g/mol. The highest BCUT2D eigenvalue weighted by Gasteiger charge is 2.33. The first-order chi connectivity index (χ1) is 10.6. The van der Waals surface area contributed by atoms with E-state index in [4.69, 9.17) is 0 Å². The minimum Gasteiger partial charge on any atom is -0.256 e. The van der Waals surface area contributed by atoms with E-state index in [0.717, 1.165) is 12.2 Å². The Morgan fingerprint density at radius 1 is 1.27 bits per heavy atom. The van der Waals surface area contributed by atoms with Crippen LogP contribution in [0.2, 0.25) is 0 Å². The molecule has 22 heavy (non-hydrogen) atoms. The zero-order chi connectivity index (χ0) is 15.6. The third-order valence-electron chi connectivity index (χ3n) is 3.86. The fourth-order valence-electron chi connectivity index (χ4n) is 2.63. The number of hydrogen-bond acceptors (Lipinski definition) is 4. The third-order valence-corrected chi connectivity index (χ3v) is 7.04. The second kappa shape index (κ2) is 6.44. The van der Waals surface area contributed by atoms with Gasteiger partial charge in [0.15, 0.2) is 5.03 Å². The molecule has 0 N–H and O–H groups in total. The second-order valence-corrected chi connectivity index (χ2v) is 8.41. The predicted octanol–water partition coefficient (Wildman–Crippen LogP) is 2.22. The molecule has 1 fully saturated rings. The van der Waals surface area contributed by atoms with Crippen LogP contribution in [0.4, 0.5) is 0 Å². The standard InChI is InChI=1S/C15H19N3O2S2/c1-17-15(7-9-16-17)22(19,20)18-10-8-13(11-18)12-21-14-5-3-2-4-6-14/h2-7,9,13H,8,10-12H2,1H3/t13-/m1/s1. The number of aromatic nitrogens is 2. The number of aryl methyl sites for hydroxylation is 1. The molecule has 1 aliphatic rings. The lowest BCUT2D eigenvalue weighted by atomic mass is 10.2. The maximum Gasteiger partial charge on any atom is 0.260 e. The number of benzene rings is 1. The second-order valence-electron chi connectivity index (χ2n) is 5.43. The smallest absolute Gasteiger partial charge is 0.256 e. The Balaban J connectivity index is 1.62. The molecule has 3 rings (SSSR count). The summed E-state index contributed by atoms with van der Waals surface area (Å²) < 4.78 is 28.2. The van der Waals surface area contributed by atoms with Gasteiger partial charge in [0.25, 0.3) is 10.0 Å². The first-order valence-electron chi connectivity index (χ1n) is 7.23. The van der Waals surface area contributed by atoms with Gasteiger partial charge in [-0.15, -0.1) is 11.8 Å². The van der Waals surface area contributed by atoms with Crippen molar-refractivity contribution in [3.05, 3.63) is 42.6 Å². The highest BCUT2D eigenvalue weighted by atomic mass is 32.2. The average molecular weight is 337 g/mol. The molecule has 1 aromatic heterocycles. The third kappa shape index (κ3) is 3.21. The minimum atomic E-state index is -3.42. The molecule has 0 unspecified atom stereocenters. The molecule has 0 bridgehead atoms. The highest BCUT2D eigenvalue weighted by Crippen LogP contribution is 2.28. The molecule has 0 radical (unpaired) electrons. The van der Waals surface area contributed by atoms with Crippen LogP contribution in [0, 0.1) is 5.92 Å². The van der Waals surface area contributed by atoms with Crippen molar-refractivity contribution in [2.24, 2.45) is 13.0 Å².